The van der Waals surface area contributed by atoms with Crippen molar-refractivity contribution in [1.29, 1.82) is 0 Å². The zero-order chi connectivity index (χ0) is 20.8. The zero-order valence-electron chi connectivity index (χ0n) is 17.2. The van der Waals surface area contributed by atoms with Gasteiger partial charge in [0.2, 0.25) is 5.95 Å². The number of aromatic nitrogens is 2. The molecule has 0 aliphatic rings. The molecule has 0 bridgehead atoms. The highest BCUT2D eigenvalue weighted by Crippen LogP contribution is 2.25. The number of rotatable bonds is 6. The van der Waals surface area contributed by atoms with Crippen LogP contribution in [0.1, 0.15) is 25.0 Å². The molecule has 3 aromatic carbocycles. The number of anilines is 1. The van der Waals surface area contributed by atoms with Crippen molar-refractivity contribution in [3.05, 3.63) is 102 Å². The Morgan fingerprint density at radius 3 is 1.80 bits per heavy atom. The van der Waals surface area contributed by atoms with E-state index < -0.39 is 0 Å². The van der Waals surface area contributed by atoms with E-state index in [9.17, 15) is 0 Å². The van der Waals surface area contributed by atoms with E-state index in [1.54, 1.807) is 0 Å². The summed E-state index contributed by atoms with van der Waals surface area (Å²) in [5, 5.41) is 4.53. The van der Waals surface area contributed by atoms with Crippen molar-refractivity contribution in [3.63, 3.8) is 0 Å². The summed E-state index contributed by atoms with van der Waals surface area (Å²) in [4.78, 5) is 9.39. The van der Waals surface area contributed by atoms with E-state index >= 15 is 0 Å². The van der Waals surface area contributed by atoms with Crippen LogP contribution in [0.2, 0.25) is 0 Å². The molecule has 0 saturated carbocycles. The van der Waals surface area contributed by atoms with E-state index in [-0.39, 0.29) is 0 Å². The molecule has 0 atom stereocenters. The average molecular weight is 393 g/mol. The maximum Gasteiger partial charge on any atom is 0.244 e. The van der Waals surface area contributed by atoms with Gasteiger partial charge in [-0.05, 0) is 30.5 Å². The standard InChI is InChI=1S/C26H24N4/c1-3-20-14-16-21(17-15-20)19(2)29-30-26-27-24(22-10-6-4-7-11-22)18-25(28-26)23-12-8-5-9-13-23/h4-18H,3H2,1-2H3,(H,27,28,30)/b29-19+. The number of nitrogens with one attached hydrogen (secondary N) is 1. The minimum Gasteiger partial charge on any atom is -0.245 e. The quantitative estimate of drug-likeness (QED) is 0.313. The summed E-state index contributed by atoms with van der Waals surface area (Å²) in [6, 6.07) is 30.7. The van der Waals surface area contributed by atoms with E-state index in [4.69, 9.17) is 9.97 Å². The predicted molar refractivity (Wildman–Crippen MR) is 125 cm³/mol. The van der Waals surface area contributed by atoms with Gasteiger partial charge in [0.25, 0.3) is 0 Å². The monoisotopic (exact) mass is 392 g/mol. The normalized spacial score (nSPS) is 11.3. The molecule has 1 heterocycles. The van der Waals surface area contributed by atoms with E-state index in [1.165, 1.54) is 5.56 Å². The van der Waals surface area contributed by atoms with E-state index in [1.807, 2.05) is 73.7 Å². The van der Waals surface area contributed by atoms with Crippen LogP contribution in [0.5, 0.6) is 0 Å². The fourth-order valence-corrected chi connectivity index (χ4v) is 3.19. The molecule has 0 unspecified atom stereocenters. The Morgan fingerprint density at radius 2 is 1.30 bits per heavy atom. The molecule has 4 heteroatoms. The fourth-order valence-electron chi connectivity index (χ4n) is 3.19. The van der Waals surface area contributed by atoms with E-state index in [0.717, 1.165) is 40.2 Å². The van der Waals surface area contributed by atoms with Gasteiger partial charge in [-0.3, -0.25) is 0 Å². The Kier molecular flexibility index (Phi) is 5.95. The second-order valence-electron chi connectivity index (χ2n) is 7.05. The highest BCUT2D eigenvalue weighted by Gasteiger charge is 2.08. The first kappa shape index (κ1) is 19.5. The fraction of sp³-hybridized carbons (Fsp3) is 0.115. The van der Waals surface area contributed by atoms with Crippen molar-refractivity contribution in [2.45, 2.75) is 20.3 Å². The van der Waals surface area contributed by atoms with Gasteiger partial charge >= 0.3 is 0 Å². The molecular formula is C26H24N4. The molecule has 148 valence electrons. The van der Waals surface area contributed by atoms with Crippen LogP contribution in [0.3, 0.4) is 0 Å². The first-order chi connectivity index (χ1) is 14.7. The summed E-state index contributed by atoms with van der Waals surface area (Å²) in [5.41, 5.74) is 10.1. The summed E-state index contributed by atoms with van der Waals surface area (Å²) in [6.45, 7) is 4.13. The van der Waals surface area contributed by atoms with Crippen LogP contribution in [0.25, 0.3) is 22.5 Å². The lowest BCUT2D eigenvalue weighted by atomic mass is 10.1. The van der Waals surface area contributed by atoms with Crippen LogP contribution in [0, 0.1) is 0 Å². The lowest BCUT2D eigenvalue weighted by Gasteiger charge is -2.09. The van der Waals surface area contributed by atoms with Crippen molar-refractivity contribution < 1.29 is 0 Å². The summed E-state index contributed by atoms with van der Waals surface area (Å²) < 4.78 is 0. The molecule has 1 aromatic heterocycles. The Balaban J connectivity index is 1.68. The van der Waals surface area contributed by atoms with Crippen LogP contribution in [-0.4, -0.2) is 15.7 Å². The topological polar surface area (TPSA) is 50.2 Å². The number of benzene rings is 3. The summed E-state index contributed by atoms with van der Waals surface area (Å²) in [5.74, 6) is 0.472. The van der Waals surface area contributed by atoms with Crippen LogP contribution in [-0.2, 0) is 6.42 Å². The van der Waals surface area contributed by atoms with Gasteiger partial charge in [-0.2, -0.15) is 5.10 Å². The maximum atomic E-state index is 4.69. The molecule has 1 N–H and O–H groups in total. The Labute approximate surface area is 177 Å². The zero-order valence-corrected chi connectivity index (χ0v) is 17.2. The average Bonchev–Trinajstić information content (AvgIpc) is 2.83. The first-order valence-electron chi connectivity index (χ1n) is 10.1. The van der Waals surface area contributed by atoms with Gasteiger partial charge in [-0.25, -0.2) is 15.4 Å². The molecule has 0 aliphatic heterocycles. The largest absolute Gasteiger partial charge is 0.245 e. The molecule has 4 rings (SSSR count). The van der Waals surface area contributed by atoms with Crippen molar-refractivity contribution in [1.82, 2.24) is 9.97 Å². The van der Waals surface area contributed by atoms with Crippen LogP contribution in [0.4, 0.5) is 5.95 Å². The number of aryl methyl sites for hydroxylation is 1. The lowest BCUT2D eigenvalue weighted by Crippen LogP contribution is -2.04. The predicted octanol–water partition coefficient (Wildman–Crippen LogP) is 6.21. The molecule has 0 saturated heterocycles. The summed E-state index contributed by atoms with van der Waals surface area (Å²) in [7, 11) is 0. The molecule has 30 heavy (non-hydrogen) atoms. The SMILES string of the molecule is CCc1ccc(/C(C)=N/Nc2nc(-c3ccccc3)cc(-c3ccccc3)n2)cc1. The number of nitrogens with zero attached hydrogens (tertiary/aromatic N) is 3. The number of hydrogen-bond donors (Lipinski definition) is 1. The van der Waals surface area contributed by atoms with Crippen LogP contribution < -0.4 is 5.43 Å². The molecule has 4 nitrogen and oxygen atoms in total. The van der Waals surface area contributed by atoms with Gasteiger partial charge in [-0.1, -0.05) is 91.9 Å². The van der Waals surface area contributed by atoms with Crippen molar-refractivity contribution in [3.8, 4) is 22.5 Å². The summed E-state index contributed by atoms with van der Waals surface area (Å²) >= 11 is 0. The molecule has 0 amide bonds. The van der Waals surface area contributed by atoms with Gasteiger partial charge in [0.05, 0.1) is 17.1 Å². The van der Waals surface area contributed by atoms with E-state index in [2.05, 4.69) is 41.7 Å². The molecular weight excluding hydrogens is 368 g/mol. The van der Waals surface area contributed by atoms with Crippen molar-refractivity contribution >= 4 is 11.7 Å². The van der Waals surface area contributed by atoms with Gasteiger partial charge in [0, 0.05) is 11.1 Å². The third kappa shape index (κ3) is 4.61. The highest BCUT2D eigenvalue weighted by atomic mass is 15.4. The first-order valence-corrected chi connectivity index (χ1v) is 10.1. The van der Waals surface area contributed by atoms with Crippen LogP contribution in [0.15, 0.2) is 96.1 Å². The van der Waals surface area contributed by atoms with Gasteiger partial charge in [-0.15, -0.1) is 0 Å². The maximum absolute atomic E-state index is 4.69. The number of hydrazone groups is 1. The third-order valence-electron chi connectivity index (χ3n) is 4.97. The van der Waals surface area contributed by atoms with Crippen molar-refractivity contribution in [2.24, 2.45) is 5.10 Å². The van der Waals surface area contributed by atoms with Crippen molar-refractivity contribution in [2.75, 3.05) is 5.43 Å². The molecule has 0 spiro atoms. The van der Waals surface area contributed by atoms with Crippen LogP contribution >= 0.6 is 0 Å². The number of hydrogen-bond acceptors (Lipinski definition) is 4. The highest BCUT2D eigenvalue weighted by molar-refractivity contribution is 5.99. The smallest absolute Gasteiger partial charge is 0.244 e. The van der Waals surface area contributed by atoms with Gasteiger partial charge in [0.1, 0.15) is 0 Å². The molecule has 0 aliphatic carbocycles. The minimum atomic E-state index is 0.472. The second kappa shape index (κ2) is 9.14. The Morgan fingerprint density at radius 1 is 0.767 bits per heavy atom. The third-order valence-corrected chi connectivity index (χ3v) is 4.97. The minimum absolute atomic E-state index is 0.472. The molecule has 0 fully saturated rings. The Hall–Kier alpha value is -3.79. The molecule has 0 radical (unpaired) electrons. The molecule has 4 aromatic rings. The van der Waals surface area contributed by atoms with E-state index in [0.29, 0.717) is 5.95 Å². The Bertz CT molecular complexity index is 1080. The van der Waals surface area contributed by atoms with Gasteiger partial charge in [0.15, 0.2) is 0 Å². The van der Waals surface area contributed by atoms with Gasteiger partial charge < -0.3 is 0 Å². The lowest BCUT2D eigenvalue weighted by molar-refractivity contribution is 1.12. The second-order valence-corrected chi connectivity index (χ2v) is 7.05. The summed E-state index contributed by atoms with van der Waals surface area (Å²) in [6.07, 6.45) is 1.02.